The van der Waals surface area contributed by atoms with Crippen LogP contribution >= 0.6 is 0 Å². The molecule has 4 aromatic rings. The van der Waals surface area contributed by atoms with Crippen molar-refractivity contribution < 1.29 is 13.4 Å². The number of aryl methyl sites for hydroxylation is 3. The second kappa shape index (κ2) is 4.92. The van der Waals surface area contributed by atoms with E-state index in [2.05, 4.69) is 36.6 Å². The molecule has 0 radical (unpaired) electrons. The van der Waals surface area contributed by atoms with Crippen LogP contribution in [0.3, 0.4) is 0 Å². The molecule has 0 N–H and O–H groups in total. The number of hydrogen-bond donors (Lipinski definition) is 0. The first-order chi connectivity index (χ1) is 11.0. The lowest BCUT2D eigenvalue weighted by Gasteiger charge is -2.05. The summed E-state index contributed by atoms with van der Waals surface area (Å²) in [5.41, 5.74) is 5.60. The Morgan fingerprint density at radius 2 is 1.83 bits per heavy atom. The highest BCUT2D eigenvalue weighted by Crippen LogP contribution is 2.34. The van der Waals surface area contributed by atoms with Crippen LogP contribution in [0.15, 0.2) is 53.1 Å². The summed E-state index contributed by atoms with van der Waals surface area (Å²) in [7, 11) is 2.02. The van der Waals surface area contributed by atoms with Gasteiger partial charge >= 0.3 is 0 Å². The molecule has 3 heteroatoms. The quantitative estimate of drug-likeness (QED) is 0.460. The highest BCUT2D eigenvalue weighted by atomic mass is 19.1. The highest BCUT2D eigenvalue weighted by Gasteiger charge is 2.17. The number of para-hydroxylation sites is 1. The normalized spacial score (nSPS) is 11.5. The summed E-state index contributed by atoms with van der Waals surface area (Å²) in [5, 5.41) is 1.78. The number of pyridine rings is 1. The zero-order chi connectivity index (χ0) is 16.1. The molecule has 2 nitrogen and oxygen atoms in total. The Morgan fingerprint density at radius 3 is 2.65 bits per heavy atom. The van der Waals surface area contributed by atoms with E-state index in [-0.39, 0.29) is 5.82 Å². The van der Waals surface area contributed by atoms with Crippen LogP contribution in [0.25, 0.3) is 33.2 Å². The van der Waals surface area contributed by atoms with Gasteiger partial charge in [-0.25, -0.2) is 8.96 Å². The lowest BCUT2D eigenvalue weighted by atomic mass is 10.0. The minimum absolute atomic E-state index is 0.320. The molecule has 0 aliphatic rings. The number of nitrogens with zero attached hydrogens (tertiary/aromatic N) is 1. The molecule has 0 amide bonds. The third kappa shape index (κ3) is 2.12. The van der Waals surface area contributed by atoms with Crippen molar-refractivity contribution in [3.63, 3.8) is 0 Å². The molecule has 0 atom stereocenters. The molecule has 0 spiro atoms. The molecule has 0 saturated heterocycles. The summed E-state index contributed by atoms with van der Waals surface area (Å²) in [6, 6.07) is 13.4. The number of rotatable bonds is 1. The van der Waals surface area contributed by atoms with Gasteiger partial charge in [-0.3, -0.25) is 0 Å². The maximum absolute atomic E-state index is 14.0. The van der Waals surface area contributed by atoms with Crippen molar-refractivity contribution in [1.82, 2.24) is 0 Å². The van der Waals surface area contributed by atoms with E-state index in [1.54, 1.807) is 6.07 Å². The van der Waals surface area contributed by atoms with Gasteiger partial charge in [0.15, 0.2) is 17.6 Å². The van der Waals surface area contributed by atoms with Crippen LogP contribution in [-0.4, -0.2) is 0 Å². The van der Waals surface area contributed by atoms with Crippen molar-refractivity contribution in [3.8, 4) is 11.3 Å². The predicted molar refractivity (Wildman–Crippen MR) is 89.8 cm³/mol. The summed E-state index contributed by atoms with van der Waals surface area (Å²) < 4.78 is 21.8. The second-order valence-electron chi connectivity index (χ2n) is 6.08. The van der Waals surface area contributed by atoms with Crippen LogP contribution in [0.1, 0.15) is 11.1 Å². The first-order valence-corrected chi connectivity index (χ1v) is 7.62. The van der Waals surface area contributed by atoms with Gasteiger partial charge in [0.05, 0.1) is 5.56 Å². The first-order valence-electron chi connectivity index (χ1n) is 7.62. The van der Waals surface area contributed by atoms with E-state index in [1.807, 2.05) is 25.4 Å². The minimum Gasteiger partial charge on any atom is -0.453 e. The molecule has 0 unspecified atom stereocenters. The van der Waals surface area contributed by atoms with E-state index in [0.717, 1.165) is 27.6 Å². The Balaban J connectivity index is 2.06. The molecular formula is C20H17FNO+. The fourth-order valence-corrected chi connectivity index (χ4v) is 3.14. The van der Waals surface area contributed by atoms with E-state index < -0.39 is 0 Å². The number of furan rings is 1. The zero-order valence-corrected chi connectivity index (χ0v) is 13.4. The lowest BCUT2D eigenvalue weighted by molar-refractivity contribution is -0.660. The first kappa shape index (κ1) is 13.9. The molecule has 0 aliphatic carbocycles. The third-order valence-corrected chi connectivity index (χ3v) is 4.38. The second-order valence-corrected chi connectivity index (χ2v) is 6.08. The Morgan fingerprint density at radius 1 is 1.00 bits per heavy atom. The molecule has 2 aromatic carbocycles. The fourth-order valence-electron chi connectivity index (χ4n) is 3.14. The van der Waals surface area contributed by atoms with Crippen LogP contribution in [0.4, 0.5) is 4.39 Å². The molecule has 23 heavy (non-hydrogen) atoms. The predicted octanol–water partition coefficient (Wildman–Crippen LogP) is 4.83. The smallest absolute Gasteiger partial charge is 0.212 e. The Labute approximate surface area is 133 Å². The molecule has 2 heterocycles. The van der Waals surface area contributed by atoms with Gasteiger partial charge in [0.25, 0.3) is 0 Å². The number of benzene rings is 2. The molecule has 2 aromatic heterocycles. The molecule has 0 bridgehead atoms. The third-order valence-electron chi connectivity index (χ3n) is 4.38. The number of fused-ring (bicyclic) bond motifs is 3. The van der Waals surface area contributed by atoms with Crippen LogP contribution < -0.4 is 4.57 Å². The maximum atomic E-state index is 14.0. The van der Waals surface area contributed by atoms with E-state index in [1.165, 1.54) is 11.6 Å². The summed E-state index contributed by atoms with van der Waals surface area (Å²) in [6.45, 7) is 4.16. The van der Waals surface area contributed by atoms with Gasteiger partial charge in [0, 0.05) is 22.9 Å². The average Bonchev–Trinajstić information content (AvgIpc) is 2.88. The molecular weight excluding hydrogens is 289 g/mol. The number of aromatic nitrogens is 1. The largest absolute Gasteiger partial charge is 0.453 e. The Kier molecular flexibility index (Phi) is 2.98. The van der Waals surface area contributed by atoms with Gasteiger partial charge in [-0.1, -0.05) is 12.1 Å². The van der Waals surface area contributed by atoms with Crippen LogP contribution in [0.5, 0.6) is 0 Å². The van der Waals surface area contributed by atoms with Gasteiger partial charge < -0.3 is 4.42 Å². The summed E-state index contributed by atoms with van der Waals surface area (Å²) in [5.74, 6) is -0.320. The number of hydrogen-bond acceptors (Lipinski definition) is 1. The van der Waals surface area contributed by atoms with E-state index in [0.29, 0.717) is 11.2 Å². The Bertz CT molecular complexity index is 1060. The van der Waals surface area contributed by atoms with Gasteiger partial charge in [-0.2, -0.15) is 0 Å². The topological polar surface area (TPSA) is 17.0 Å². The Hall–Kier alpha value is -2.68. The SMILES string of the molecule is Cc1cc[n+](C)c(-c2cc3oc4c(F)cccc4c3cc2C)c1. The summed E-state index contributed by atoms with van der Waals surface area (Å²) in [4.78, 5) is 0. The van der Waals surface area contributed by atoms with Crippen molar-refractivity contribution in [2.45, 2.75) is 13.8 Å². The average molecular weight is 306 g/mol. The van der Waals surface area contributed by atoms with Crippen molar-refractivity contribution >= 4 is 21.9 Å². The van der Waals surface area contributed by atoms with E-state index in [4.69, 9.17) is 4.42 Å². The maximum Gasteiger partial charge on any atom is 0.212 e. The van der Waals surface area contributed by atoms with Crippen LogP contribution in [0.2, 0.25) is 0 Å². The standard InChI is InChI=1S/C20H17FNO/c1-12-7-8-22(3)18(9-12)15-11-19-16(10-13(15)2)14-5-4-6-17(21)20(14)23-19/h4-11H,1-3H3/q+1. The van der Waals surface area contributed by atoms with E-state index >= 15 is 0 Å². The van der Waals surface area contributed by atoms with Crippen molar-refractivity contribution in [1.29, 1.82) is 0 Å². The molecule has 114 valence electrons. The molecule has 4 rings (SSSR count). The van der Waals surface area contributed by atoms with Crippen LogP contribution in [-0.2, 0) is 7.05 Å². The van der Waals surface area contributed by atoms with Gasteiger partial charge in [-0.05, 0) is 43.2 Å². The van der Waals surface area contributed by atoms with E-state index in [9.17, 15) is 4.39 Å². The van der Waals surface area contributed by atoms with Crippen LogP contribution in [0, 0.1) is 19.7 Å². The summed E-state index contributed by atoms with van der Waals surface area (Å²) >= 11 is 0. The van der Waals surface area contributed by atoms with Gasteiger partial charge in [-0.15, -0.1) is 0 Å². The highest BCUT2D eigenvalue weighted by molar-refractivity contribution is 6.06. The zero-order valence-electron chi connectivity index (χ0n) is 13.4. The molecule has 0 saturated carbocycles. The van der Waals surface area contributed by atoms with Gasteiger partial charge in [0.1, 0.15) is 12.6 Å². The fraction of sp³-hybridized carbons (Fsp3) is 0.150. The van der Waals surface area contributed by atoms with Crippen molar-refractivity contribution in [2.75, 3.05) is 0 Å². The van der Waals surface area contributed by atoms with Crippen molar-refractivity contribution in [2.24, 2.45) is 7.05 Å². The van der Waals surface area contributed by atoms with Crippen molar-refractivity contribution in [3.05, 3.63) is 65.6 Å². The number of halogens is 1. The minimum atomic E-state index is -0.320. The monoisotopic (exact) mass is 306 g/mol. The molecule has 0 fully saturated rings. The molecule has 0 aliphatic heterocycles. The summed E-state index contributed by atoms with van der Waals surface area (Å²) in [6.07, 6.45) is 2.05. The van der Waals surface area contributed by atoms with Gasteiger partial charge in [0.2, 0.25) is 5.69 Å². The lowest BCUT2D eigenvalue weighted by Crippen LogP contribution is -2.30.